The van der Waals surface area contributed by atoms with Gasteiger partial charge in [0.2, 0.25) is 5.84 Å². The highest BCUT2D eigenvalue weighted by molar-refractivity contribution is 5.95. The van der Waals surface area contributed by atoms with Crippen molar-refractivity contribution in [3.8, 4) is 11.3 Å². The van der Waals surface area contributed by atoms with E-state index in [1.54, 1.807) is 7.05 Å². The molecule has 0 atom stereocenters. The van der Waals surface area contributed by atoms with Gasteiger partial charge in [0.1, 0.15) is 17.1 Å². The number of benzene rings is 2. The molecular weight excluding hydrogens is 466 g/mol. The van der Waals surface area contributed by atoms with E-state index in [1.807, 2.05) is 0 Å². The van der Waals surface area contributed by atoms with E-state index in [1.165, 1.54) is 36.1 Å². The quantitative estimate of drug-likeness (QED) is 0.264. The number of hydrogen-bond acceptors (Lipinski definition) is 5. The third-order valence-electron chi connectivity index (χ3n) is 5.31. The van der Waals surface area contributed by atoms with E-state index in [0.29, 0.717) is 4.68 Å². The van der Waals surface area contributed by atoms with Crippen LogP contribution in [0.5, 0.6) is 0 Å². The second-order valence-electron chi connectivity index (χ2n) is 7.60. The first-order valence-corrected chi connectivity index (χ1v) is 10.2. The number of aliphatic imine (C=N–C) groups is 1. The number of aromatic nitrogens is 4. The van der Waals surface area contributed by atoms with E-state index in [9.17, 15) is 13.6 Å². The highest BCUT2D eigenvalue weighted by Crippen LogP contribution is 2.34. The van der Waals surface area contributed by atoms with Gasteiger partial charge in [0.05, 0.1) is 16.8 Å². The van der Waals surface area contributed by atoms with Gasteiger partial charge in [0.15, 0.2) is 0 Å². The molecule has 1 amide bonds. The molecule has 8 nitrogen and oxygen atoms in total. The fourth-order valence-electron chi connectivity index (χ4n) is 3.64. The van der Waals surface area contributed by atoms with Gasteiger partial charge in [0, 0.05) is 49.9 Å². The molecule has 2 heterocycles. The number of nitrogens with one attached hydrogen (secondary N) is 2. The zero-order valence-corrected chi connectivity index (χ0v) is 18.8. The Morgan fingerprint density at radius 3 is 2.49 bits per heavy atom. The summed E-state index contributed by atoms with van der Waals surface area (Å²) in [5, 5.41) is 18.8. The maximum atomic E-state index is 15.6. The minimum Gasteiger partial charge on any atom is -0.355 e. The molecule has 0 saturated heterocycles. The normalized spacial score (nSPS) is 12.3. The van der Waals surface area contributed by atoms with Gasteiger partial charge in [-0.1, -0.05) is 0 Å². The van der Waals surface area contributed by atoms with Crippen molar-refractivity contribution in [3.63, 3.8) is 0 Å². The van der Waals surface area contributed by atoms with Crippen molar-refractivity contribution in [2.45, 2.75) is 5.92 Å². The van der Waals surface area contributed by atoms with Crippen LogP contribution in [-0.2, 0) is 13.0 Å². The number of hydrogen-bond donors (Lipinski definition) is 2. The number of amides is 1. The minimum atomic E-state index is -4.00. The van der Waals surface area contributed by atoms with E-state index in [4.69, 9.17) is 5.41 Å². The predicted octanol–water partition coefficient (Wildman–Crippen LogP) is 3.22. The number of rotatable bonds is 4. The van der Waals surface area contributed by atoms with E-state index in [-0.39, 0.29) is 27.7 Å². The van der Waals surface area contributed by atoms with Gasteiger partial charge < -0.3 is 5.32 Å². The Kier molecular flexibility index (Phi) is 5.97. The number of halogens is 4. The summed E-state index contributed by atoms with van der Waals surface area (Å²) in [5.41, 5.74) is -1.39. The summed E-state index contributed by atoms with van der Waals surface area (Å²) >= 11 is 0. The van der Waals surface area contributed by atoms with Crippen molar-refractivity contribution in [1.82, 2.24) is 24.9 Å². The van der Waals surface area contributed by atoms with Gasteiger partial charge in [-0.25, -0.2) is 8.78 Å². The third kappa shape index (κ3) is 4.18. The fourth-order valence-corrected chi connectivity index (χ4v) is 3.64. The molecule has 2 N–H and O–H groups in total. The lowest BCUT2D eigenvalue weighted by molar-refractivity contribution is 0.0665. The van der Waals surface area contributed by atoms with Crippen molar-refractivity contribution < 1.29 is 22.4 Å². The first-order valence-electron chi connectivity index (χ1n) is 10.2. The summed E-state index contributed by atoms with van der Waals surface area (Å²) in [5.74, 6) is -7.57. The average molecular weight is 485 g/mol. The average Bonchev–Trinajstić information content (AvgIpc) is 3.18. The monoisotopic (exact) mass is 485 g/mol. The molecule has 4 aromatic rings. The third-order valence-corrected chi connectivity index (χ3v) is 5.31. The van der Waals surface area contributed by atoms with Gasteiger partial charge in [-0.2, -0.15) is 23.7 Å². The van der Waals surface area contributed by atoms with Crippen LogP contribution in [0.1, 0.15) is 15.9 Å². The molecule has 0 fully saturated rings. The van der Waals surface area contributed by atoms with E-state index in [0.717, 1.165) is 31.3 Å². The second kappa shape index (κ2) is 8.78. The van der Waals surface area contributed by atoms with Crippen LogP contribution in [-0.4, -0.2) is 45.4 Å². The Morgan fingerprint density at radius 1 is 1.09 bits per heavy atom. The van der Waals surface area contributed by atoms with Crippen molar-refractivity contribution in [2.75, 3.05) is 14.1 Å². The van der Waals surface area contributed by atoms with Crippen LogP contribution in [0.15, 0.2) is 53.7 Å². The largest absolute Gasteiger partial charge is 0.355 e. The Morgan fingerprint density at radius 2 is 1.83 bits per heavy atom. The second-order valence-corrected chi connectivity index (χ2v) is 7.60. The number of carbonyl (C=O) groups excluding carboxylic acids is 1. The fraction of sp³-hybridized carbons (Fsp3) is 0.174. The number of alkyl halides is 2. The summed E-state index contributed by atoms with van der Waals surface area (Å²) in [7, 11) is 4.03. The summed E-state index contributed by atoms with van der Waals surface area (Å²) in [6, 6.07) is 7.86. The van der Waals surface area contributed by atoms with Crippen molar-refractivity contribution in [3.05, 3.63) is 76.9 Å². The molecule has 0 aliphatic heterocycles. The maximum absolute atomic E-state index is 15.6. The SMILES string of the molecule is CN=C(n1nc(-c2ccc(C(=O)NC)cc2F)ccc1=N)C(F)(F)c1cc2cn(C)nc2cc1F. The lowest BCUT2D eigenvalue weighted by Crippen LogP contribution is -2.40. The van der Waals surface area contributed by atoms with Gasteiger partial charge in [-0.05, 0) is 36.4 Å². The van der Waals surface area contributed by atoms with E-state index in [2.05, 4.69) is 20.5 Å². The highest BCUT2D eigenvalue weighted by atomic mass is 19.3. The van der Waals surface area contributed by atoms with Crippen molar-refractivity contribution in [1.29, 1.82) is 5.41 Å². The summed E-state index contributed by atoms with van der Waals surface area (Å²) in [6.45, 7) is 0. The predicted molar refractivity (Wildman–Crippen MR) is 120 cm³/mol. The Hall–Kier alpha value is -4.35. The van der Waals surface area contributed by atoms with Crippen LogP contribution >= 0.6 is 0 Å². The van der Waals surface area contributed by atoms with Gasteiger partial charge >= 0.3 is 5.92 Å². The summed E-state index contributed by atoms with van der Waals surface area (Å²) in [4.78, 5) is 15.4. The van der Waals surface area contributed by atoms with Crippen LogP contribution in [0.3, 0.4) is 0 Å². The number of carbonyl (C=O) groups is 1. The smallest absolute Gasteiger partial charge is 0.334 e. The number of fused-ring (bicyclic) bond motifs is 1. The highest BCUT2D eigenvalue weighted by Gasteiger charge is 2.43. The first-order chi connectivity index (χ1) is 16.6. The zero-order valence-electron chi connectivity index (χ0n) is 18.8. The first kappa shape index (κ1) is 23.8. The van der Waals surface area contributed by atoms with E-state index >= 15 is 8.78 Å². The maximum Gasteiger partial charge on any atom is 0.334 e. The van der Waals surface area contributed by atoms with Crippen LogP contribution in [0.2, 0.25) is 0 Å². The molecule has 0 unspecified atom stereocenters. The summed E-state index contributed by atoms with van der Waals surface area (Å²) < 4.78 is 62.6. The molecule has 0 radical (unpaired) electrons. The lowest BCUT2D eigenvalue weighted by Gasteiger charge is -2.21. The minimum absolute atomic E-state index is 0.0577. The van der Waals surface area contributed by atoms with Crippen LogP contribution in [0, 0.1) is 17.0 Å². The molecular formula is C23H19F4N7O. The lowest BCUT2D eigenvalue weighted by atomic mass is 10.0. The standard InChI is InChI=1S/C23H19F4N7O/c1-29-21(35)12-4-5-14(16(24)9-12)18-6-7-20(28)34(32-18)22(30-2)23(26,27)15-8-13-11-33(3)31-19(13)10-17(15)25/h4-11,28H,1-3H3,(H,29,35). The number of aryl methyl sites for hydroxylation is 1. The molecule has 2 aromatic heterocycles. The molecule has 0 saturated carbocycles. The Balaban J connectivity index is 1.82. The topological polar surface area (TPSA) is 101 Å². The van der Waals surface area contributed by atoms with Crippen LogP contribution in [0.4, 0.5) is 17.6 Å². The molecule has 12 heteroatoms. The van der Waals surface area contributed by atoms with Crippen LogP contribution < -0.4 is 10.8 Å². The van der Waals surface area contributed by atoms with Crippen LogP contribution in [0.25, 0.3) is 22.2 Å². The number of nitrogens with zero attached hydrogens (tertiary/aromatic N) is 5. The Bertz CT molecular complexity index is 1560. The van der Waals surface area contributed by atoms with Crippen molar-refractivity contribution >= 4 is 22.6 Å². The molecule has 180 valence electrons. The van der Waals surface area contributed by atoms with Gasteiger partial charge in [0.25, 0.3) is 5.91 Å². The molecule has 0 aliphatic rings. The molecule has 0 aliphatic carbocycles. The molecule has 0 bridgehead atoms. The molecule has 0 spiro atoms. The molecule has 35 heavy (non-hydrogen) atoms. The Labute approximate surface area is 196 Å². The molecule has 4 rings (SSSR count). The van der Waals surface area contributed by atoms with Gasteiger partial charge in [-0.15, -0.1) is 0 Å². The molecule has 2 aromatic carbocycles. The van der Waals surface area contributed by atoms with E-state index < -0.39 is 40.4 Å². The van der Waals surface area contributed by atoms with Crippen molar-refractivity contribution in [2.24, 2.45) is 12.0 Å². The zero-order chi connectivity index (χ0) is 25.5. The van der Waals surface area contributed by atoms with Gasteiger partial charge in [-0.3, -0.25) is 19.9 Å². The summed E-state index contributed by atoms with van der Waals surface area (Å²) in [6.07, 6.45) is 1.46.